The molecule has 1 aromatic heterocycles. The number of hydrogen-bond acceptors (Lipinski definition) is 2. The molecule has 4 aromatic carbocycles. The maximum atomic E-state index is 8.40. The summed E-state index contributed by atoms with van der Waals surface area (Å²) in [6, 6.07) is 33.7. The van der Waals surface area contributed by atoms with Gasteiger partial charge in [0.15, 0.2) is 0 Å². The van der Waals surface area contributed by atoms with Crippen LogP contribution in [0, 0.1) is 6.07 Å². The van der Waals surface area contributed by atoms with E-state index in [9.17, 15) is 0 Å². The monoisotopic (exact) mass is 664 g/mol. The topological polar surface area (TPSA) is 54.5 Å². The molecule has 1 aliphatic carbocycles. The molecule has 0 atom stereocenters. The van der Waals surface area contributed by atoms with Crippen molar-refractivity contribution in [3.63, 3.8) is 0 Å². The Balaban J connectivity index is 0.000000356. The summed E-state index contributed by atoms with van der Waals surface area (Å²) in [7, 11) is 0. The van der Waals surface area contributed by atoms with Crippen LogP contribution in [0.2, 0.25) is 0 Å². The van der Waals surface area contributed by atoms with Gasteiger partial charge in [-0.05, 0) is 40.4 Å². The summed E-state index contributed by atoms with van der Waals surface area (Å²) in [6.07, 6.45) is 1.28. The number of benzene rings is 4. The zero-order chi connectivity index (χ0) is 25.4. The van der Waals surface area contributed by atoms with Gasteiger partial charge >= 0.3 is 5.78 Å². The third kappa shape index (κ3) is 5.00. The Morgan fingerprint density at radius 2 is 1.59 bits per heavy atom. The Bertz CT molecular complexity index is 1660. The van der Waals surface area contributed by atoms with Gasteiger partial charge in [-0.2, -0.15) is 0 Å². The molecule has 0 bridgehead atoms. The van der Waals surface area contributed by atoms with Crippen molar-refractivity contribution in [2.45, 2.75) is 33.1 Å². The fraction of sp³-hybridized carbons (Fsp3) is 0.152. The molecule has 0 amide bonds. The van der Waals surface area contributed by atoms with Crippen molar-refractivity contribution in [2.75, 3.05) is 0 Å². The molecule has 2 N–H and O–H groups in total. The quantitative estimate of drug-likeness (QED) is 0.0681. The summed E-state index contributed by atoms with van der Waals surface area (Å²) in [5, 5.41) is 12.1. The van der Waals surface area contributed by atoms with Gasteiger partial charge in [0.1, 0.15) is 0 Å². The first-order valence-electron chi connectivity index (χ1n) is 12.1. The number of ketones is 1. The largest absolute Gasteiger partial charge is 0.512 e. The van der Waals surface area contributed by atoms with Crippen LogP contribution in [-0.4, -0.2) is 20.7 Å². The maximum Gasteiger partial charge on any atom is 0.316 e. The minimum atomic E-state index is -0.0111. The molecule has 3 nitrogen and oxygen atoms in total. The Morgan fingerprint density at radius 1 is 0.865 bits per heavy atom. The van der Waals surface area contributed by atoms with Crippen LogP contribution in [0.5, 0.6) is 0 Å². The van der Waals surface area contributed by atoms with E-state index in [0.717, 1.165) is 16.8 Å². The number of aliphatic hydroxyl groups excluding tert-OH is 1. The van der Waals surface area contributed by atoms with Crippen LogP contribution in [0.1, 0.15) is 38.8 Å². The van der Waals surface area contributed by atoms with E-state index in [2.05, 4.69) is 105 Å². The molecule has 1 radical (unpaired) electrons. The van der Waals surface area contributed by atoms with Gasteiger partial charge in [0.2, 0.25) is 0 Å². The first-order valence-corrected chi connectivity index (χ1v) is 12.1. The molecule has 0 unspecified atom stereocenters. The zero-order valence-corrected chi connectivity index (χ0v) is 23.7. The average molecular weight is 664 g/mol. The van der Waals surface area contributed by atoms with Crippen molar-refractivity contribution in [3.05, 3.63) is 114 Å². The van der Waals surface area contributed by atoms with Crippen LogP contribution in [-0.2, 0) is 25.5 Å². The van der Waals surface area contributed by atoms with Crippen molar-refractivity contribution in [1.29, 1.82) is 0 Å². The normalized spacial score (nSPS) is 13.2. The number of nitrogens with zero attached hydrogens (tertiary/aromatic N) is 1. The van der Waals surface area contributed by atoms with Crippen LogP contribution >= 0.6 is 0 Å². The standard InChI is InChI=1S/C28H20N.C5H8O2.Ir/c1-28(2)24-10-6-5-9-21(24)22-13-11-19(17-25(22)28)26-16-14-23-20-8-4-3-7-18(20)12-15-27(23)29-26;1-4(6)3-5(2)7;/h3-10,12-17H,1-2H3;3,6H,1-2H3;/q-1;;/p+1/b;4-3-;. The van der Waals surface area contributed by atoms with E-state index in [1.807, 2.05) is 0 Å². The van der Waals surface area contributed by atoms with Crippen molar-refractivity contribution < 1.29 is 30.0 Å². The van der Waals surface area contributed by atoms with Crippen molar-refractivity contribution >= 4 is 27.5 Å². The number of aromatic nitrogens is 1. The first kappa shape index (κ1) is 26.5. The summed E-state index contributed by atoms with van der Waals surface area (Å²) in [5.41, 5.74) is 8.41. The van der Waals surface area contributed by atoms with E-state index >= 15 is 0 Å². The average Bonchev–Trinajstić information content (AvgIpc) is 3.10. The van der Waals surface area contributed by atoms with E-state index < -0.39 is 0 Å². The van der Waals surface area contributed by atoms with Crippen molar-refractivity contribution in [2.24, 2.45) is 0 Å². The molecule has 0 saturated carbocycles. The third-order valence-electron chi connectivity index (χ3n) is 6.80. The second-order valence-corrected chi connectivity index (χ2v) is 9.82. The summed E-state index contributed by atoms with van der Waals surface area (Å²) in [5.74, 6) is 0.250. The molecule has 0 aliphatic heterocycles. The van der Waals surface area contributed by atoms with Gasteiger partial charge in [-0.3, -0.25) is 9.78 Å². The van der Waals surface area contributed by atoms with Crippen molar-refractivity contribution in [3.8, 4) is 22.4 Å². The maximum absolute atomic E-state index is 8.40. The molecular formula is C33H29IrNO2. The number of pyridine rings is 1. The van der Waals surface area contributed by atoms with Crippen LogP contribution in [0.25, 0.3) is 44.1 Å². The number of fused-ring (bicyclic) bond motifs is 6. The van der Waals surface area contributed by atoms with E-state index in [4.69, 9.17) is 14.9 Å². The van der Waals surface area contributed by atoms with Crippen LogP contribution in [0.4, 0.5) is 0 Å². The minimum Gasteiger partial charge on any atom is -0.512 e. The van der Waals surface area contributed by atoms with Crippen LogP contribution in [0.15, 0.2) is 96.8 Å². The van der Waals surface area contributed by atoms with Gasteiger partial charge < -0.3 is 5.11 Å². The van der Waals surface area contributed by atoms with Gasteiger partial charge in [-0.15, -0.1) is 29.3 Å². The Morgan fingerprint density at radius 3 is 2.32 bits per heavy atom. The van der Waals surface area contributed by atoms with E-state index in [1.54, 1.807) is 0 Å². The molecule has 0 spiro atoms. The van der Waals surface area contributed by atoms with Crippen LogP contribution in [0.3, 0.4) is 0 Å². The number of aliphatic hydroxyl groups is 1. The smallest absolute Gasteiger partial charge is 0.316 e. The fourth-order valence-electron chi connectivity index (χ4n) is 5.13. The first-order chi connectivity index (χ1) is 17.3. The second kappa shape index (κ2) is 10.4. The minimum absolute atomic E-state index is 0. The molecule has 5 aromatic rings. The Kier molecular flexibility index (Phi) is 7.45. The molecule has 0 fully saturated rings. The summed E-state index contributed by atoms with van der Waals surface area (Å²) >= 11 is 0. The van der Waals surface area contributed by atoms with E-state index in [0.29, 0.717) is 0 Å². The molecule has 4 heteroatoms. The number of rotatable bonds is 2. The molecule has 0 saturated heterocycles. The fourth-order valence-corrected chi connectivity index (χ4v) is 5.13. The Hall–Kier alpha value is -3.59. The number of hydrogen-bond donors (Lipinski definition) is 1. The Labute approximate surface area is 231 Å². The zero-order valence-electron chi connectivity index (χ0n) is 21.3. The summed E-state index contributed by atoms with van der Waals surface area (Å²) < 4.78 is 0. The van der Waals surface area contributed by atoms with Gasteiger partial charge in [-0.25, -0.2) is 0 Å². The van der Waals surface area contributed by atoms with E-state index in [-0.39, 0.29) is 37.1 Å². The second-order valence-electron chi connectivity index (χ2n) is 9.82. The van der Waals surface area contributed by atoms with E-state index in [1.165, 1.54) is 58.3 Å². The summed E-state index contributed by atoms with van der Waals surface area (Å²) in [4.78, 5) is 13.4. The molecule has 187 valence electrons. The molecule has 6 rings (SSSR count). The van der Waals surface area contributed by atoms with Gasteiger partial charge in [0.25, 0.3) is 0 Å². The molecule has 37 heavy (non-hydrogen) atoms. The SMILES string of the molecule is CC(=[OH+])/C=C(/C)O.CC1(C)c2ccccc2-c2c[c-]c(-c3ccc4c(ccc5ccccc54)n3)cc21.[Ir]. The van der Waals surface area contributed by atoms with Gasteiger partial charge in [-0.1, -0.05) is 91.7 Å². The third-order valence-corrected chi connectivity index (χ3v) is 6.80. The molecular weight excluding hydrogens is 635 g/mol. The van der Waals surface area contributed by atoms with Gasteiger partial charge in [0, 0.05) is 25.5 Å². The van der Waals surface area contributed by atoms with Crippen molar-refractivity contribution in [1.82, 2.24) is 4.98 Å². The molecule has 1 aliphatic rings. The predicted molar refractivity (Wildman–Crippen MR) is 150 cm³/mol. The molecule has 1 heterocycles. The summed E-state index contributed by atoms with van der Waals surface area (Å²) in [6.45, 7) is 7.61. The predicted octanol–water partition coefficient (Wildman–Crippen LogP) is 8.17. The number of carbonyl (C=O) groups excluding carboxylic acids is 1. The number of allylic oxidation sites excluding steroid dienone is 2. The van der Waals surface area contributed by atoms with Crippen LogP contribution < -0.4 is 0 Å². The van der Waals surface area contributed by atoms with Gasteiger partial charge in [0.05, 0.1) is 24.3 Å².